The quantitative estimate of drug-likeness (QED) is 0.342. The normalized spacial score (nSPS) is 10.7. The van der Waals surface area contributed by atoms with Gasteiger partial charge >= 0.3 is 6.03 Å². The summed E-state index contributed by atoms with van der Waals surface area (Å²) in [6.07, 6.45) is 2.97. The van der Waals surface area contributed by atoms with Gasteiger partial charge in [-0.2, -0.15) is 0 Å². The number of ether oxygens (including phenoxy) is 2. The molecule has 2 amide bonds. The summed E-state index contributed by atoms with van der Waals surface area (Å²) in [6, 6.07) is 24.1. The van der Waals surface area contributed by atoms with Crippen LogP contribution in [0.1, 0.15) is 30.0 Å². The summed E-state index contributed by atoms with van der Waals surface area (Å²) in [6.45, 7) is 5.63. The van der Waals surface area contributed by atoms with Crippen molar-refractivity contribution in [3.63, 3.8) is 0 Å². The molecule has 6 nitrogen and oxygen atoms in total. The highest BCUT2D eigenvalue weighted by molar-refractivity contribution is 5.90. The summed E-state index contributed by atoms with van der Waals surface area (Å²) in [5.74, 6) is 1.56. The summed E-state index contributed by atoms with van der Waals surface area (Å²) in [5.41, 5.74) is 4.19. The number of carbonyl (C=O) groups excluding carboxylic acids is 1. The number of nitrogens with zero attached hydrogens (tertiary/aromatic N) is 1. The van der Waals surface area contributed by atoms with E-state index in [4.69, 9.17) is 9.47 Å². The van der Waals surface area contributed by atoms with Gasteiger partial charge in [-0.25, -0.2) is 4.79 Å². The van der Waals surface area contributed by atoms with Gasteiger partial charge in [-0.1, -0.05) is 55.5 Å². The van der Waals surface area contributed by atoms with E-state index in [0.717, 1.165) is 55.8 Å². The lowest BCUT2D eigenvalue weighted by Gasteiger charge is -2.22. The maximum Gasteiger partial charge on any atom is 0.319 e. The van der Waals surface area contributed by atoms with Gasteiger partial charge in [-0.15, -0.1) is 0 Å². The predicted molar refractivity (Wildman–Crippen MR) is 142 cm³/mol. The monoisotopic (exact) mass is 475 g/mol. The smallest absolute Gasteiger partial charge is 0.319 e. The topological polar surface area (TPSA) is 62.8 Å². The lowest BCUT2D eigenvalue weighted by atomic mass is 10.1. The van der Waals surface area contributed by atoms with E-state index >= 15 is 0 Å². The summed E-state index contributed by atoms with van der Waals surface area (Å²) in [4.78, 5) is 14.5. The maximum absolute atomic E-state index is 12.0. The second kappa shape index (κ2) is 14.0. The van der Waals surface area contributed by atoms with Crippen molar-refractivity contribution in [3.8, 4) is 11.5 Å². The molecule has 3 aromatic carbocycles. The molecule has 2 N–H and O–H groups in total. The Kier molecular flexibility index (Phi) is 10.5. The van der Waals surface area contributed by atoms with E-state index in [1.165, 1.54) is 5.56 Å². The first-order valence-corrected chi connectivity index (χ1v) is 12.2. The fourth-order valence-corrected chi connectivity index (χ4v) is 3.93. The molecule has 186 valence electrons. The molecule has 0 atom stereocenters. The first-order chi connectivity index (χ1) is 17.1. The zero-order valence-electron chi connectivity index (χ0n) is 21.0. The Morgan fingerprint density at radius 2 is 1.57 bits per heavy atom. The van der Waals surface area contributed by atoms with E-state index in [1.54, 1.807) is 14.2 Å². The second-order valence-corrected chi connectivity index (χ2v) is 8.50. The predicted octanol–water partition coefficient (Wildman–Crippen LogP) is 5.52. The van der Waals surface area contributed by atoms with Crippen LogP contribution in [0.5, 0.6) is 11.5 Å². The molecule has 0 aliphatic rings. The number of benzene rings is 3. The molecule has 0 saturated heterocycles. The lowest BCUT2D eigenvalue weighted by Crippen LogP contribution is -2.29. The molecule has 3 rings (SSSR count). The Hall–Kier alpha value is -3.51. The molecule has 0 unspecified atom stereocenters. The van der Waals surface area contributed by atoms with Crippen molar-refractivity contribution < 1.29 is 14.3 Å². The van der Waals surface area contributed by atoms with Gasteiger partial charge in [-0.3, -0.25) is 0 Å². The first kappa shape index (κ1) is 26.1. The molecule has 0 heterocycles. The van der Waals surface area contributed by atoms with E-state index in [9.17, 15) is 4.79 Å². The maximum atomic E-state index is 12.0. The molecule has 0 fully saturated rings. The number of hydrogen-bond acceptors (Lipinski definition) is 4. The molecule has 3 aromatic rings. The molecule has 35 heavy (non-hydrogen) atoms. The molecule has 0 aliphatic heterocycles. The minimum Gasteiger partial charge on any atom is -0.497 e. The fraction of sp³-hybridized carbons (Fsp3) is 0.345. The third kappa shape index (κ3) is 8.65. The van der Waals surface area contributed by atoms with Crippen molar-refractivity contribution >= 4 is 11.7 Å². The number of anilines is 1. The van der Waals surface area contributed by atoms with Crippen LogP contribution in [-0.4, -0.2) is 44.7 Å². The van der Waals surface area contributed by atoms with Crippen LogP contribution in [0.3, 0.4) is 0 Å². The van der Waals surface area contributed by atoms with E-state index in [2.05, 4.69) is 40.7 Å². The number of hydrogen-bond donors (Lipinski definition) is 2. The van der Waals surface area contributed by atoms with Gasteiger partial charge in [0, 0.05) is 20.1 Å². The first-order valence-electron chi connectivity index (χ1n) is 12.2. The highest BCUT2D eigenvalue weighted by Gasteiger charge is 2.11. The minimum atomic E-state index is -0.266. The summed E-state index contributed by atoms with van der Waals surface area (Å²) in [5, 5.41) is 5.53. The van der Waals surface area contributed by atoms with Crippen LogP contribution in [0.15, 0.2) is 72.8 Å². The Morgan fingerprint density at radius 1 is 0.857 bits per heavy atom. The zero-order chi connectivity index (χ0) is 24.9. The van der Waals surface area contributed by atoms with Gasteiger partial charge in [0.1, 0.15) is 18.1 Å². The third-order valence-electron chi connectivity index (χ3n) is 5.86. The van der Waals surface area contributed by atoms with E-state index in [0.29, 0.717) is 18.0 Å². The van der Waals surface area contributed by atoms with Crippen LogP contribution < -0.4 is 20.1 Å². The standard InChI is InChI=1S/C29H37N3O3/c1-4-17-32(18-15-23-11-8-12-26(20-23)34-3)19-16-24-13-14-28(27(21-24)31-29(33)30-2)35-22-25-9-6-5-7-10-25/h5-14,20-21H,4,15-19,22H2,1-3H3,(H2,30,31,33). The van der Waals surface area contributed by atoms with Gasteiger partial charge in [0.25, 0.3) is 0 Å². The molecule has 0 aliphatic carbocycles. The second-order valence-electron chi connectivity index (χ2n) is 8.50. The summed E-state index contributed by atoms with van der Waals surface area (Å²) < 4.78 is 11.4. The molecular weight excluding hydrogens is 438 g/mol. The van der Waals surface area contributed by atoms with Crippen LogP contribution in [-0.2, 0) is 19.4 Å². The van der Waals surface area contributed by atoms with Gasteiger partial charge in [0.05, 0.1) is 12.8 Å². The number of nitrogens with one attached hydrogen (secondary N) is 2. The van der Waals surface area contributed by atoms with Gasteiger partial charge < -0.3 is 25.0 Å². The minimum absolute atomic E-state index is 0.266. The Bertz CT molecular complexity index is 1060. The van der Waals surface area contributed by atoms with Crippen LogP contribution >= 0.6 is 0 Å². The molecular formula is C29H37N3O3. The number of rotatable bonds is 13. The summed E-state index contributed by atoms with van der Waals surface area (Å²) >= 11 is 0. The number of carbonyl (C=O) groups is 1. The molecule has 6 heteroatoms. The van der Waals surface area contributed by atoms with Crippen molar-refractivity contribution in [2.45, 2.75) is 32.8 Å². The lowest BCUT2D eigenvalue weighted by molar-refractivity contribution is 0.253. The van der Waals surface area contributed by atoms with E-state index < -0.39 is 0 Å². The molecule has 0 radical (unpaired) electrons. The van der Waals surface area contributed by atoms with Crippen molar-refractivity contribution in [2.75, 3.05) is 39.1 Å². The number of urea groups is 1. The van der Waals surface area contributed by atoms with E-state index in [1.807, 2.05) is 54.6 Å². The van der Waals surface area contributed by atoms with Gasteiger partial charge in [0.2, 0.25) is 0 Å². The van der Waals surface area contributed by atoms with Crippen molar-refractivity contribution in [3.05, 3.63) is 89.5 Å². The highest BCUT2D eigenvalue weighted by atomic mass is 16.5. The Labute approximate surface area is 209 Å². The fourth-order valence-electron chi connectivity index (χ4n) is 3.93. The van der Waals surface area contributed by atoms with Gasteiger partial charge in [-0.05, 0) is 66.8 Å². The average molecular weight is 476 g/mol. The average Bonchev–Trinajstić information content (AvgIpc) is 2.90. The van der Waals surface area contributed by atoms with Crippen LogP contribution in [0.25, 0.3) is 0 Å². The van der Waals surface area contributed by atoms with Crippen LogP contribution in [0.2, 0.25) is 0 Å². The van der Waals surface area contributed by atoms with Crippen molar-refractivity contribution in [2.24, 2.45) is 0 Å². The van der Waals surface area contributed by atoms with Gasteiger partial charge in [0.15, 0.2) is 0 Å². The number of methoxy groups -OCH3 is 1. The largest absolute Gasteiger partial charge is 0.497 e. The molecule has 0 aromatic heterocycles. The Morgan fingerprint density at radius 3 is 2.26 bits per heavy atom. The zero-order valence-corrected chi connectivity index (χ0v) is 21.0. The van der Waals surface area contributed by atoms with E-state index in [-0.39, 0.29) is 6.03 Å². The molecule has 0 spiro atoms. The summed E-state index contributed by atoms with van der Waals surface area (Å²) in [7, 11) is 3.31. The highest BCUT2D eigenvalue weighted by Crippen LogP contribution is 2.27. The van der Waals surface area contributed by atoms with Crippen molar-refractivity contribution in [1.82, 2.24) is 10.2 Å². The number of amides is 2. The van der Waals surface area contributed by atoms with Crippen LogP contribution in [0, 0.1) is 0 Å². The SMILES string of the molecule is CCCN(CCc1cccc(OC)c1)CCc1ccc(OCc2ccccc2)c(NC(=O)NC)c1. The van der Waals surface area contributed by atoms with Crippen molar-refractivity contribution in [1.29, 1.82) is 0 Å². The third-order valence-corrected chi connectivity index (χ3v) is 5.86. The Balaban J connectivity index is 1.63. The molecule has 0 saturated carbocycles. The van der Waals surface area contributed by atoms with Crippen LogP contribution in [0.4, 0.5) is 10.5 Å². The molecule has 0 bridgehead atoms.